The molecule has 6 nitrogen and oxygen atoms in total. The Morgan fingerprint density at radius 1 is 1.13 bits per heavy atom. The van der Waals surface area contributed by atoms with E-state index in [0.717, 1.165) is 16.9 Å². The van der Waals surface area contributed by atoms with Crippen LogP contribution in [0.15, 0.2) is 60.7 Å². The van der Waals surface area contributed by atoms with Gasteiger partial charge >= 0.3 is 0 Å². The summed E-state index contributed by atoms with van der Waals surface area (Å²) < 4.78 is 0. The highest BCUT2D eigenvalue weighted by Gasteiger charge is 2.57. The van der Waals surface area contributed by atoms with Crippen molar-refractivity contribution in [2.75, 3.05) is 11.9 Å². The lowest BCUT2D eigenvalue weighted by Gasteiger charge is -2.24. The Balaban J connectivity index is 1.35. The predicted octanol–water partition coefficient (Wildman–Crippen LogP) is 3.13. The number of H-pyrrole nitrogens is 1. The van der Waals surface area contributed by atoms with E-state index in [2.05, 4.69) is 28.5 Å². The maximum absolute atomic E-state index is 13.2. The van der Waals surface area contributed by atoms with E-state index < -0.39 is 6.04 Å². The van der Waals surface area contributed by atoms with Crippen molar-refractivity contribution >= 4 is 17.5 Å². The summed E-state index contributed by atoms with van der Waals surface area (Å²) in [5, 5.41) is 10.1. The van der Waals surface area contributed by atoms with Gasteiger partial charge in [-0.1, -0.05) is 55.5 Å². The van der Waals surface area contributed by atoms with E-state index in [4.69, 9.17) is 0 Å². The quantitative estimate of drug-likeness (QED) is 0.706. The molecule has 1 aromatic heterocycles. The number of para-hydroxylation sites is 1. The molecule has 2 aromatic carbocycles. The van der Waals surface area contributed by atoms with Gasteiger partial charge in [-0.15, -0.1) is 0 Å². The number of anilines is 1. The molecule has 2 N–H and O–H groups in total. The molecular weight excluding hydrogens is 376 g/mol. The van der Waals surface area contributed by atoms with Crippen LogP contribution < -0.4 is 10.2 Å². The van der Waals surface area contributed by atoms with Gasteiger partial charge in [-0.2, -0.15) is 5.10 Å². The summed E-state index contributed by atoms with van der Waals surface area (Å²) in [4.78, 5) is 27.8. The number of aromatic nitrogens is 2. The van der Waals surface area contributed by atoms with Gasteiger partial charge in [0.25, 0.3) is 5.91 Å². The number of hydrogen-bond acceptors (Lipinski definition) is 3. The highest BCUT2D eigenvalue weighted by atomic mass is 16.2. The van der Waals surface area contributed by atoms with Crippen LogP contribution in [-0.4, -0.2) is 35.1 Å². The van der Waals surface area contributed by atoms with Gasteiger partial charge in [0, 0.05) is 24.8 Å². The maximum Gasteiger partial charge on any atom is 0.272 e. The smallest absolute Gasteiger partial charge is 0.272 e. The van der Waals surface area contributed by atoms with E-state index in [1.807, 2.05) is 48.5 Å². The topological polar surface area (TPSA) is 78.1 Å². The van der Waals surface area contributed by atoms with E-state index in [-0.39, 0.29) is 23.7 Å². The number of carbonyl (C=O) groups is 2. The van der Waals surface area contributed by atoms with Crippen LogP contribution in [0.2, 0.25) is 0 Å². The third-order valence-electron chi connectivity index (χ3n) is 6.47. The molecule has 1 fully saturated rings. The first kappa shape index (κ1) is 18.6. The van der Waals surface area contributed by atoms with Gasteiger partial charge in [0.05, 0.1) is 0 Å². The van der Waals surface area contributed by atoms with Gasteiger partial charge in [-0.25, -0.2) is 0 Å². The molecule has 0 bridgehead atoms. The van der Waals surface area contributed by atoms with E-state index in [9.17, 15) is 9.59 Å². The number of hydrogen-bond donors (Lipinski definition) is 2. The zero-order chi connectivity index (χ0) is 20.8. The molecule has 0 unspecified atom stereocenters. The molecule has 2 heterocycles. The van der Waals surface area contributed by atoms with Crippen LogP contribution in [0.25, 0.3) is 0 Å². The Bertz CT molecular complexity index is 1110. The normalized spacial score (nSPS) is 24.6. The number of nitrogens with zero attached hydrogens (tertiary/aromatic N) is 2. The van der Waals surface area contributed by atoms with E-state index in [0.29, 0.717) is 18.0 Å². The Morgan fingerprint density at radius 2 is 1.87 bits per heavy atom. The Morgan fingerprint density at radius 3 is 2.67 bits per heavy atom. The van der Waals surface area contributed by atoms with Crippen molar-refractivity contribution in [3.05, 3.63) is 83.2 Å². The summed E-state index contributed by atoms with van der Waals surface area (Å²) in [6, 6.07) is 19.2. The van der Waals surface area contributed by atoms with Crippen molar-refractivity contribution in [3.63, 3.8) is 0 Å². The number of benzene rings is 2. The highest BCUT2D eigenvalue weighted by molar-refractivity contribution is 6.03. The number of aromatic amines is 1. The molecule has 5 rings (SSSR count). The van der Waals surface area contributed by atoms with E-state index in [1.54, 1.807) is 18.0 Å². The van der Waals surface area contributed by atoms with Crippen LogP contribution in [0.5, 0.6) is 0 Å². The number of fused-ring (bicyclic) bond motifs is 3. The molecule has 1 aliphatic carbocycles. The molecule has 2 amide bonds. The fourth-order valence-electron chi connectivity index (χ4n) is 4.82. The number of nitrogens with one attached hydrogen (secondary N) is 2. The minimum Gasteiger partial charge on any atom is -0.339 e. The second kappa shape index (κ2) is 7.13. The lowest BCUT2D eigenvalue weighted by atomic mass is 10.1. The highest BCUT2D eigenvalue weighted by Crippen LogP contribution is 2.59. The van der Waals surface area contributed by atoms with Crippen LogP contribution in [0.1, 0.15) is 40.2 Å². The predicted molar refractivity (Wildman–Crippen MR) is 114 cm³/mol. The zero-order valence-electron chi connectivity index (χ0n) is 17.0. The average Bonchev–Trinajstić information content (AvgIpc) is 3.21. The summed E-state index contributed by atoms with van der Waals surface area (Å²) in [6.45, 7) is 2.15. The van der Waals surface area contributed by atoms with Gasteiger partial charge in [0.2, 0.25) is 5.91 Å². The lowest BCUT2D eigenvalue weighted by Crippen LogP contribution is -2.48. The molecule has 0 spiro atoms. The van der Waals surface area contributed by atoms with Crippen molar-refractivity contribution in [1.82, 2.24) is 15.5 Å². The number of amides is 2. The molecule has 1 saturated carbocycles. The van der Waals surface area contributed by atoms with Crippen LogP contribution in [0.3, 0.4) is 0 Å². The second-order valence-electron chi connectivity index (χ2n) is 8.31. The molecular formula is C24H24N4O2. The molecule has 0 saturated heterocycles. The van der Waals surface area contributed by atoms with Gasteiger partial charge in [0.1, 0.15) is 11.7 Å². The van der Waals surface area contributed by atoms with Crippen molar-refractivity contribution in [2.24, 2.45) is 11.8 Å². The monoisotopic (exact) mass is 400 g/mol. The van der Waals surface area contributed by atoms with Crippen molar-refractivity contribution < 1.29 is 9.59 Å². The standard InChI is InChI=1S/C24H24N4O2/c1-14-20-17-10-6-7-11-19(17)28(2)24(30)22(21(14)20)25-23(29)18-13-16(26-27-18)12-15-8-4-3-5-9-15/h3-11,13-14,20-22H,12H2,1-2H3,(H,25,29)(H,26,27)/t14-,20-,21-,22-/m0/s1. The van der Waals surface area contributed by atoms with Crippen LogP contribution in [0, 0.1) is 11.8 Å². The summed E-state index contributed by atoms with van der Waals surface area (Å²) in [6.07, 6.45) is 0.670. The van der Waals surface area contributed by atoms with Gasteiger partial charge in [-0.05, 0) is 41.0 Å². The van der Waals surface area contributed by atoms with Gasteiger partial charge < -0.3 is 10.2 Å². The number of likely N-dealkylation sites (N-methyl/N-ethyl adjacent to an activating group) is 1. The van der Waals surface area contributed by atoms with Gasteiger partial charge in [0.15, 0.2) is 0 Å². The Labute approximate surface area is 175 Å². The summed E-state index contributed by atoms with van der Waals surface area (Å²) >= 11 is 0. The summed E-state index contributed by atoms with van der Waals surface area (Å²) in [5.74, 6) is 0.347. The Hall–Kier alpha value is -3.41. The van der Waals surface area contributed by atoms with Crippen LogP contribution in [0.4, 0.5) is 5.69 Å². The number of carbonyl (C=O) groups excluding carboxylic acids is 2. The molecule has 152 valence electrons. The minimum atomic E-state index is -0.552. The molecule has 4 atom stereocenters. The summed E-state index contributed by atoms with van der Waals surface area (Å²) in [5.41, 5.74) is 4.43. The molecule has 6 heteroatoms. The SMILES string of the molecule is C[C@H]1[C@H]2c3ccccc3N(C)C(=O)[C@@H](NC(=O)c3cc(Cc4ccccc4)[nH]n3)[C@@H]12. The fraction of sp³-hybridized carbons (Fsp3) is 0.292. The molecule has 0 radical (unpaired) electrons. The van der Waals surface area contributed by atoms with Crippen molar-refractivity contribution in [3.8, 4) is 0 Å². The molecule has 2 aliphatic rings. The van der Waals surface area contributed by atoms with Crippen molar-refractivity contribution in [1.29, 1.82) is 0 Å². The molecule has 3 aromatic rings. The average molecular weight is 400 g/mol. The first-order chi connectivity index (χ1) is 14.5. The van der Waals surface area contributed by atoms with Crippen LogP contribution >= 0.6 is 0 Å². The lowest BCUT2D eigenvalue weighted by molar-refractivity contribution is -0.120. The first-order valence-electron chi connectivity index (χ1n) is 10.3. The van der Waals surface area contributed by atoms with E-state index >= 15 is 0 Å². The van der Waals surface area contributed by atoms with Crippen molar-refractivity contribution in [2.45, 2.75) is 25.3 Å². The third kappa shape index (κ3) is 3.09. The third-order valence-corrected chi connectivity index (χ3v) is 6.47. The largest absolute Gasteiger partial charge is 0.339 e. The molecule has 30 heavy (non-hydrogen) atoms. The fourth-order valence-corrected chi connectivity index (χ4v) is 4.82. The Kier molecular flexibility index (Phi) is 4.42. The van der Waals surface area contributed by atoms with Gasteiger partial charge in [-0.3, -0.25) is 14.7 Å². The number of rotatable bonds is 4. The zero-order valence-corrected chi connectivity index (χ0v) is 17.0. The maximum atomic E-state index is 13.2. The summed E-state index contributed by atoms with van der Waals surface area (Å²) in [7, 11) is 1.78. The second-order valence-corrected chi connectivity index (χ2v) is 8.31. The minimum absolute atomic E-state index is 0.0762. The van der Waals surface area contributed by atoms with Crippen LogP contribution in [-0.2, 0) is 11.2 Å². The first-order valence-corrected chi connectivity index (χ1v) is 10.3. The van der Waals surface area contributed by atoms with E-state index in [1.165, 1.54) is 5.56 Å². The molecule has 1 aliphatic heterocycles.